The Hall–Kier alpha value is -0.830. The van der Waals surface area contributed by atoms with Crippen LogP contribution in [0.15, 0.2) is 12.2 Å². The van der Waals surface area contributed by atoms with Gasteiger partial charge in [-0.2, -0.15) is 0 Å². The number of ether oxygens (including phenoxy) is 1. The van der Waals surface area contributed by atoms with Gasteiger partial charge >= 0.3 is 5.97 Å². The van der Waals surface area contributed by atoms with E-state index in [9.17, 15) is 4.79 Å². The fourth-order valence-corrected chi connectivity index (χ4v) is 3.16. The fraction of sp³-hybridized carbons (Fsp3) is 0.727. The summed E-state index contributed by atoms with van der Waals surface area (Å²) in [5, 5.41) is 9.16. The van der Waals surface area contributed by atoms with Crippen LogP contribution in [0.5, 0.6) is 0 Å². The maximum Gasteiger partial charge on any atom is 0.307 e. The molecule has 2 bridgehead atoms. The number of carboxylic acids is 1. The Morgan fingerprint density at radius 3 is 3.00 bits per heavy atom. The normalized spacial score (nSPS) is 48.4. The SMILES string of the molecule is O=C(O)C1CC2C=CC1(CC1CO1)C2. The van der Waals surface area contributed by atoms with E-state index in [2.05, 4.69) is 12.2 Å². The minimum Gasteiger partial charge on any atom is -0.481 e. The van der Waals surface area contributed by atoms with E-state index in [1.54, 1.807) is 0 Å². The van der Waals surface area contributed by atoms with Crippen LogP contribution in [0.4, 0.5) is 0 Å². The molecule has 1 heterocycles. The molecule has 2 aliphatic carbocycles. The number of carbonyl (C=O) groups is 1. The molecule has 3 nitrogen and oxygen atoms in total. The van der Waals surface area contributed by atoms with E-state index in [-0.39, 0.29) is 11.3 Å². The van der Waals surface area contributed by atoms with Crippen LogP contribution in [-0.2, 0) is 9.53 Å². The van der Waals surface area contributed by atoms with Crippen LogP contribution in [0.3, 0.4) is 0 Å². The molecule has 0 aromatic carbocycles. The largest absolute Gasteiger partial charge is 0.481 e. The molecule has 3 rings (SSSR count). The highest BCUT2D eigenvalue weighted by Gasteiger charge is 2.53. The molecule has 1 saturated carbocycles. The molecule has 14 heavy (non-hydrogen) atoms. The van der Waals surface area contributed by atoms with Crippen molar-refractivity contribution >= 4 is 5.97 Å². The van der Waals surface area contributed by atoms with Gasteiger partial charge in [0.2, 0.25) is 0 Å². The highest BCUT2D eigenvalue weighted by atomic mass is 16.6. The maximum absolute atomic E-state index is 11.1. The van der Waals surface area contributed by atoms with Crippen LogP contribution in [0.25, 0.3) is 0 Å². The average Bonchev–Trinajstić information content (AvgIpc) is 2.76. The monoisotopic (exact) mass is 194 g/mol. The lowest BCUT2D eigenvalue weighted by molar-refractivity contribution is -0.144. The highest BCUT2D eigenvalue weighted by Crippen LogP contribution is 2.56. The number of aliphatic carboxylic acids is 1. The van der Waals surface area contributed by atoms with E-state index < -0.39 is 5.97 Å². The predicted octanol–water partition coefficient (Wildman–Crippen LogP) is 1.44. The van der Waals surface area contributed by atoms with Gasteiger partial charge in [-0.25, -0.2) is 0 Å². The van der Waals surface area contributed by atoms with E-state index in [1.165, 1.54) is 0 Å². The summed E-state index contributed by atoms with van der Waals surface area (Å²) in [7, 11) is 0. The van der Waals surface area contributed by atoms with E-state index >= 15 is 0 Å². The van der Waals surface area contributed by atoms with Gasteiger partial charge in [0.25, 0.3) is 0 Å². The quantitative estimate of drug-likeness (QED) is 0.546. The lowest BCUT2D eigenvalue weighted by Crippen LogP contribution is -2.31. The molecule has 76 valence electrons. The number of carboxylic acid groups (broad SMARTS) is 1. The molecule has 0 spiro atoms. The summed E-state index contributed by atoms with van der Waals surface area (Å²) in [6.07, 6.45) is 7.45. The van der Waals surface area contributed by atoms with Gasteiger partial charge in [-0.15, -0.1) is 0 Å². The van der Waals surface area contributed by atoms with E-state index in [4.69, 9.17) is 9.84 Å². The Kier molecular flexibility index (Phi) is 1.57. The summed E-state index contributed by atoms with van der Waals surface area (Å²) in [4.78, 5) is 11.1. The Morgan fingerprint density at radius 2 is 2.43 bits per heavy atom. The van der Waals surface area contributed by atoms with E-state index in [0.717, 1.165) is 25.9 Å². The predicted molar refractivity (Wildman–Crippen MR) is 49.8 cm³/mol. The number of hydrogen-bond donors (Lipinski definition) is 1. The summed E-state index contributed by atoms with van der Waals surface area (Å²) in [5.41, 5.74) is -0.0718. The molecule has 0 radical (unpaired) electrons. The lowest BCUT2D eigenvalue weighted by atomic mass is 9.74. The molecule has 1 saturated heterocycles. The van der Waals surface area contributed by atoms with Crippen LogP contribution >= 0.6 is 0 Å². The van der Waals surface area contributed by atoms with Gasteiger partial charge in [0.1, 0.15) is 0 Å². The van der Waals surface area contributed by atoms with Crippen molar-refractivity contribution in [3.63, 3.8) is 0 Å². The second-order valence-corrected chi connectivity index (χ2v) is 4.84. The van der Waals surface area contributed by atoms with Crippen molar-refractivity contribution in [1.82, 2.24) is 0 Å². The first-order valence-electron chi connectivity index (χ1n) is 5.23. The molecule has 3 heteroatoms. The van der Waals surface area contributed by atoms with Crippen LogP contribution in [0, 0.1) is 17.3 Å². The van der Waals surface area contributed by atoms with Crippen LogP contribution in [-0.4, -0.2) is 23.8 Å². The second kappa shape index (κ2) is 2.60. The molecule has 0 aromatic rings. The van der Waals surface area contributed by atoms with Gasteiger partial charge in [-0.05, 0) is 25.2 Å². The Balaban J connectivity index is 1.85. The summed E-state index contributed by atoms with van der Waals surface area (Å²) in [5.74, 6) is -0.283. The van der Waals surface area contributed by atoms with Gasteiger partial charge in [-0.3, -0.25) is 4.79 Å². The molecule has 3 aliphatic rings. The smallest absolute Gasteiger partial charge is 0.307 e. The molecule has 4 unspecified atom stereocenters. The van der Waals surface area contributed by atoms with Gasteiger partial charge in [0.15, 0.2) is 0 Å². The summed E-state index contributed by atoms with van der Waals surface area (Å²) in [6, 6.07) is 0. The third-order valence-corrected chi connectivity index (χ3v) is 3.88. The first-order chi connectivity index (χ1) is 6.70. The van der Waals surface area contributed by atoms with Crippen LogP contribution in [0.2, 0.25) is 0 Å². The number of fused-ring (bicyclic) bond motifs is 2. The lowest BCUT2D eigenvalue weighted by Gasteiger charge is -2.28. The Morgan fingerprint density at radius 1 is 1.64 bits per heavy atom. The first-order valence-corrected chi connectivity index (χ1v) is 5.23. The zero-order chi connectivity index (χ0) is 9.76. The first kappa shape index (κ1) is 8.48. The fourth-order valence-electron chi connectivity index (χ4n) is 3.16. The topological polar surface area (TPSA) is 49.8 Å². The number of allylic oxidation sites excluding steroid dienone is 2. The van der Waals surface area contributed by atoms with Crippen molar-refractivity contribution in [2.24, 2.45) is 17.3 Å². The zero-order valence-corrected chi connectivity index (χ0v) is 7.98. The third-order valence-electron chi connectivity index (χ3n) is 3.88. The van der Waals surface area contributed by atoms with Gasteiger partial charge in [-0.1, -0.05) is 12.2 Å². The molecule has 0 aromatic heterocycles. The highest BCUT2D eigenvalue weighted by molar-refractivity contribution is 5.72. The van der Waals surface area contributed by atoms with Gasteiger partial charge < -0.3 is 9.84 Å². The number of hydrogen-bond acceptors (Lipinski definition) is 2. The summed E-state index contributed by atoms with van der Waals surface area (Å²) < 4.78 is 5.22. The molecule has 0 amide bonds. The molecular weight excluding hydrogens is 180 g/mol. The van der Waals surface area contributed by atoms with Crippen molar-refractivity contribution in [2.75, 3.05) is 6.61 Å². The van der Waals surface area contributed by atoms with Crippen molar-refractivity contribution in [3.8, 4) is 0 Å². The molecule has 2 fully saturated rings. The number of epoxide rings is 1. The van der Waals surface area contributed by atoms with Gasteiger partial charge in [0.05, 0.1) is 18.6 Å². The number of rotatable bonds is 3. The van der Waals surface area contributed by atoms with Crippen molar-refractivity contribution in [3.05, 3.63) is 12.2 Å². The zero-order valence-electron chi connectivity index (χ0n) is 7.98. The molecular formula is C11H14O3. The minimum absolute atomic E-state index is 0.0718. The van der Waals surface area contributed by atoms with E-state index in [0.29, 0.717) is 12.0 Å². The summed E-state index contributed by atoms with van der Waals surface area (Å²) in [6.45, 7) is 0.826. The molecule has 1 N–H and O–H groups in total. The van der Waals surface area contributed by atoms with Crippen molar-refractivity contribution in [1.29, 1.82) is 0 Å². The minimum atomic E-state index is -0.627. The molecule has 4 atom stereocenters. The van der Waals surface area contributed by atoms with Crippen LogP contribution in [0.1, 0.15) is 19.3 Å². The van der Waals surface area contributed by atoms with Crippen LogP contribution < -0.4 is 0 Å². The van der Waals surface area contributed by atoms with Gasteiger partial charge in [0, 0.05) is 5.41 Å². The Labute approximate surface area is 82.8 Å². The summed E-state index contributed by atoms with van der Waals surface area (Å²) >= 11 is 0. The standard InChI is InChI=1S/C11H14O3/c12-10(13)9-3-7-1-2-11(9,4-7)5-8-6-14-8/h1-2,7-9H,3-6H2,(H,12,13). The maximum atomic E-state index is 11.1. The van der Waals surface area contributed by atoms with Crippen molar-refractivity contribution < 1.29 is 14.6 Å². The average molecular weight is 194 g/mol. The molecule has 1 aliphatic heterocycles. The third kappa shape index (κ3) is 1.12. The van der Waals surface area contributed by atoms with Crippen molar-refractivity contribution in [2.45, 2.75) is 25.4 Å². The van der Waals surface area contributed by atoms with E-state index in [1.807, 2.05) is 0 Å². The Bertz CT molecular complexity index is 306. The second-order valence-electron chi connectivity index (χ2n) is 4.84.